The number of nitrogens with zero attached hydrogens (tertiary/aromatic N) is 2. The average Bonchev–Trinajstić information content (AvgIpc) is 2.59. The molecule has 0 atom stereocenters. The van der Waals surface area contributed by atoms with E-state index in [-0.39, 0.29) is 0 Å². The van der Waals surface area contributed by atoms with Gasteiger partial charge in [0.1, 0.15) is 15.7 Å². The van der Waals surface area contributed by atoms with E-state index >= 15 is 0 Å². The molecule has 0 aromatic heterocycles. The highest BCUT2D eigenvalue weighted by Gasteiger charge is 1.93. The minimum absolute atomic E-state index is 0.727. The molecule has 4 radical (unpaired) electrons. The minimum Gasteiger partial charge on any atom is -0.256 e. The maximum Gasteiger partial charge on any atom is 0.113 e. The van der Waals surface area contributed by atoms with Crippen molar-refractivity contribution in [2.45, 2.75) is 0 Å². The maximum atomic E-state index is 5.75. The number of hydrogen-bond donors (Lipinski definition) is 0. The van der Waals surface area contributed by atoms with Gasteiger partial charge in [0, 0.05) is 12.4 Å². The molecule has 0 bridgehead atoms. The Bertz CT molecular complexity index is 810. The molecule has 0 unspecified atom stereocenters. The standard InChI is InChI=1S/C20H14B2N2/c21-17-5-1-3-15(11-17)13-23-19-7-9-20(10-8-19)24-14-16-4-2-6-18(22)12-16/h1-14H. The lowest BCUT2D eigenvalue weighted by atomic mass is 9.95. The zero-order valence-corrected chi connectivity index (χ0v) is 13.1. The lowest BCUT2D eigenvalue weighted by Crippen LogP contribution is -2.01. The third-order valence-electron chi connectivity index (χ3n) is 3.40. The van der Waals surface area contributed by atoms with Crippen molar-refractivity contribution in [3.8, 4) is 0 Å². The summed E-state index contributed by atoms with van der Waals surface area (Å²) in [6, 6.07) is 22.9. The Morgan fingerprint density at radius 2 is 1.00 bits per heavy atom. The zero-order valence-electron chi connectivity index (χ0n) is 13.1. The summed E-state index contributed by atoms with van der Waals surface area (Å²) >= 11 is 0. The average molecular weight is 304 g/mol. The van der Waals surface area contributed by atoms with Crippen molar-refractivity contribution in [2.24, 2.45) is 9.98 Å². The first-order valence-electron chi connectivity index (χ1n) is 7.58. The summed E-state index contributed by atoms with van der Waals surface area (Å²) in [7, 11) is 11.5. The van der Waals surface area contributed by atoms with Gasteiger partial charge in [0.25, 0.3) is 0 Å². The summed E-state index contributed by atoms with van der Waals surface area (Å²) in [6.45, 7) is 0. The third-order valence-corrected chi connectivity index (χ3v) is 3.40. The monoisotopic (exact) mass is 304 g/mol. The Morgan fingerprint density at radius 3 is 1.38 bits per heavy atom. The van der Waals surface area contributed by atoms with Crippen molar-refractivity contribution in [1.82, 2.24) is 0 Å². The Kier molecular flexibility index (Phi) is 5.07. The lowest BCUT2D eigenvalue weighted by molar-refractivity contribution is 1.48. The molecule has 4 heteroatoms. The fraction of sp³-hybridized carbons (Fsp3) is 0. The van der Waals surface area contributed by atoms with E-state index in [1.807, 2.05) is 72.8 Å². The van der Waals surface area contributed by atoms with E-state index in [9.17, 15) is 0 Å². The molecular weight excluding hydrogens is 290 g/mol. The summed E-state index contributed by atoms with van der Waals surface area (Å²) in [5.41, 5.74) is 5.12. The second kappa shape index (κ2) is 7.60. The van der Waals surface area contributed by atoms with Crippen LogP contribution in [-0.4, -0.2) is 28.1 Å². The fourth-order valence-corrected chi connectivity index (χ4v) is 2.20. The van der Waals surface area contributed by atoms with Crippen LogP contribution < -0.4 is 10.9 Å². The summed E-state index contributed by atoms with van der Waals surface area (Å²) < 4.78 is 0. The molecule has 0 aliphatic rings. The van der Waals surface area contributed by atoms with E-state index in [0.717, 1.165) is 33.4 Å². The van der Waals surface area contributed by atoms with Crippen LogP contribution in [0.25, 0.3) is 0 Å². The molecular formula is C20H14B2N2. The molecule has 0 spiro atoms. The quantitative estimate of drug-likeness (QED) is 0.523. The molecule has 0 heterocycles. The van der Waals surface area contributed by atoms with Crippen LogP contribution in [0.15, 0.2) is 82.8 Å². The van der Waals surface area contributed by atoms with E-state index < -0.39 is 0 Å². The first-order valence-corrected chi connectivity index (χ1v) is 7.58. The highest BCUT2D eigenvalue weighted by molar-refractivity contribution is 6.32. The molecule has 0 saturated carbocycles. The predicted octanol–water partition coefficient (Wildman–Crippen LogP) is 2.78. The second-order valence-corrected chi connectivity index (χ2v) is 5.37. The zero-order chi connectivity index (χ0) is 16.8. The third kappa shape index (κ3) is 4.56. The molecule has 0 saturated heterocycles. The number of benzene rings is 3. The van der Waals surface area contributed by atoms with Gasteiger partial charge in [0.15, 0.2) is 0 Å². The first kappa shape index (κ1) is 16.0. The Balaban J connectivity index is 1.69. The number of hydrogen-bond acceptors (Lipinski definition) is 2. The van der Waals surface area contributed by atoms with E-state index in [1.165, 1.54) is 0 Å². The van der Waals surface area contributed by atoms with Gasteiger partial charge in [-0.2, -0.15) is 0 Å². The van der Waals surface area contributed by atoms with Crippen molar-refractivity contribution < 1.29 is 0 Å². The van der Waals surface area contributed by atoms with Crippen LogP contribution in [0.3, 0.4) is 0 Å². The van der Waals surface area contributed by atoms with E-state index in [4.69, 9.17) is 15.7 Å². The molecule has 0 fully saturated rings. The fourth-order valence-electron chi connectivity index (χ4n) is 2.20. The second-order valence-electron chi connectivity index (χ2n) is 5.37. The molecule has 3 aromatic carbocycles. The van der Waals surface area contributed by atoms with Crippen LogP contribution in [-0.2, 0) is 0 Å². The molecule has 0 aliphatic carbocycles. The van der Waals surface area contributed by atoms with Gasteiger partial charge < -0.3 is 0 Å². The first-order chi connectivity index (χ1) is 11.7. The maximum absolute atomic E-state index is 5.75. The van der Waals surface area contributed by atoms with Gasteiger partial charge in [-0.05, 0) is 35.4 Å². The summed E-state index contributed by atoms with van der Waals surface area (Å²) in [6.07, 6.45) is 3.59. The van der Waals surface area contributed by atoms with Gasteiger partial charge >= 0.3 is 0 Å². The summed E-state index contributed by atoms with van der Waals surface area (Å²) in [5.74, 6) is 0. The van der Waals surface area contributed by atoms with Crippen LogP contribution >= 0.6 is 0 Å². The molecule has 3 aromatic rings. The van der Waals surface area contributed by atoms with Gasteiger partial charge in [-0.25, -0.2) is 0 Å². The molecule has 24 heavy (non-hydrogen) atoms. The molecule has 0 amide bonds. The van der Waals surface area contributed by atoms with Gasteiger partial charge in [-0.15, -0.1) is 0 Å². The molecule has 0 N–H and O–H groups in total. The van der Waals surface area contributed by atoms with Crippen molar-refractivity contribution in [3.63, 3.8) is 0 Å². The highest BCUT2D eigenvalue weighted by Crippen LogP contribution is 2.18. The van der Waals surface area contributed by atoms with Gasteiger partial charge in [0.05, 0.1) is 11.4 Å². The normalized spacial score (nSPS) is 11.3. The van der Waals surface area contributed by atoms with Crippen LogP contribution in [0, 0.1) is 0 Å². The predicted molar refractivity (Wildman–Crippen MR) is 105 cm³/mol. The molecule has 110 valence electrons. The van der Waals surface area contributed by atoms with Crippen LogP contribution in [0.5, 0.6) is 0 Å². The summed E-state index contributed by atoms with van der Waals surface area (Å²) in [4.78, 5) is 8.88. The Morgan fingerprint density at radius 1 is 0.583 bits per heavy atom. The highest BCUT2D eigenvalue weighted by atomic mass is 14.7. The smallest absolute Gasteiger partial charge is 0.113 e. The van der Waals surface area contributed by atoms with Gasteiger partial charge in [-0.3, -0.25) is 9.98 Å². The van der Waals surface area contributed by atoms with E-state index in [1.54, 1.807) is 12.4 Å². The Labute approximate surface area is 144 Å². The van der Waals surface area contributed by atoms with Gasteiger partial charge in [0.2, 0.25) is 0 Å². The number of aliphatic imine (C=N–C) groups is 2. The van der Waals surface area contributed by atoms with Crippen molar-refractivity contribution in [1.29, 1.82) is 0 Å². The number of rotatable bonds is 4. The SMILES string of the molecule is [B]c1cccc(C=Nc2ccc(N=Cc3cccc([B])c3)cc2)c1. The molecule has 2 nitrogen and oxygen atoms in total. The summed E-state index contributed by atoms with van der Waals surface area (Å²) in [5, 5.41) is 0. The van der Waals surface area contributed by atoms with Crippen molar-refractivity contribution in [2.75, 3.05) is 0 Å². The minimum atomic E-state index is 0.727. The molecule has 3 rings (SSSR count). The lowest BCUT2D eigenvalue weighted by Gasteiger charge is -1.98. The topological polar surface area (TPSA) is 24.7 Å². The van der Waals surface area contributed by atoms with Crippen molar-refractivity contribution >= 4 is 50.4 Å². The van der Waals surface area contributed by atoms with E-state index in [2.05, 4.69) is 9.98 Å². The van der Waals surface area contributed by atoms with Crippen LogP contribution in [0.1, 0.15) is 11.1 Å². The largest absolute Gasteiger partial charge is 0.256 e. The molecule has 0 aliphatic heterocycles. The van der Waals surface area contributed by atoms with Crippen molar-refractivity contribution in [3.05, 3.63) is 83.9 Å². The van der Waals surface area contributed by atoms with Gasteiger partial charge in [-0.1, -0.05) is 59.5 Å². The van der Waals surface area contributed by atoms with E-state index in [0.29, 0.717) is 0 Å². The Hall–Kier alpha value is -2.87. The van der Waals surface area contributed by atoms with Crippen LogP contribution in [0.4, 0.5) is 11.4 Å². The van der Waals surface area contributed by atoms with Crippen LogP contribution in [0.2, 0.25) is 0 Å².